The van der Waals surface area contributed by atoms with Crippen molar-refractivity contribution in [3.8, 4) is 0 Å². The van der Waals surface area contributed by atoms with Crippen LogP contribution < -0.4 is 5.32 Å². The summed E-state index contributed by atoms with van der Waals surface area (Å²) in [5.41, 5.74) is 1.33. The van der Waals surface area contributed by atoms with Crippen LogP contribution >= 0.6 is 11.3 Å². The molecule has 1 amide bonds. The maximum Gasteiger partial charge on any atom is 0.224 e. The molecule has 0 aliphatic heterocycles. The smallest absolute Gasteiger partial charge is 0.224 e. The lowest BCUT2D eigenvalue weighted by Crippen LogP contribution is -2.35. The first-order valence-corrected chi connectivity index (χ1v) is 9.79. The molecule has 6 heteroatoms. The van der Waals surface area contributed by atoms with E-state index in [0.29, 0.717) is 17.9 Å². The van der Waals surface area contributed by atoms with E-state index in [4.69, 9.17) is 4.98 Å². The second-order valence-corrected chi connectivity index (χ2v) is 7.30. The van der Waals surface area contributed by atoms with Gasteiger partial charge in [-0.3, -0.25) is 9.89 Å². The van der Waals surface area contributed by atoms with E-state index in [0.717, 1.165) is 24.2 Å². The van der Waals surface area contributed by atoms with Crippen molar-refractivity contribution >= 4 is 22.8 Å². The summed E-state index contributed by atoms with van der Waals surface area (Å²) in [6, 6.07) is 4.25. The van der Waals surface area contributed by atoms with Crippen LogP contribution in [0.1, 0.15) is 56.1 Å². The average molecular weight is 369 g/mol. The first kappa shape index (κ1) is 18.3. The van der Waals surface area contributed by atoms with Crippen molar-refractivity contribution in [3.05, 3.63) is 64.5 Å². The Balaban J connectivity index is 2.00. The van der Waals surface area contributed by atoms with Crippen LogP contribution in [0.5, 0.6) is 0 Å². The van der Waals surface area contributed by atoms with Crippen LogP contribution in [0.2, 0.25) is 0 Å². The number of nitrogens with zero attached hydrogens (tertiary/aromatic N) is 2. The summed E-state index contributed by atoms with van der Waals surface area (Å²) in [5.74, 6) is 1.41. The number of thiophene rings is 1. The molecule has 0 radical (unpaired) electrons. The van der Waals surface area contributed by atoms with Crippen LogP contribution in [0.3, 0.4) is 0 Å². The second kappa shape index (κ2) is 7.83. The van der Waals surface area contributed by atoms with Crippen molar-refractivity contribution in [2.45, 2.75) is 44.9 Å². The standard InChI is InChI=1S/C20H24N4OS/c1-4-9-14(15(5-2)21-17(25)6-3)18-22-19(24-23-18)20(11-8-12-20)16-10-7-13-26-16/h4-5,7,9-10,13H,2,6,8,11-12H2,1,3H3,(H,21,25)(H,22,23,24)/b9-4-,15-14-. The van der Waals surface area contributed by atoms with Gasteiger partial charge in [-0.15, -0.1) is 11.3 Å². The van der Waals surface area contributed by atoms with Gasteiger partial charge in [0.25, 0.3) is 0 Å². The number of H-pyrrole nitrogens is 1. The van der Waals surface area contributed by atoms with Gasteiger partial charge in [0.15, 0.2) is 5.82 Å². The average Bonchev–Trinajstić information content (AvgIpc) is 3.30. The fraction of sp³-hybridized carbons (Fsp3) is 0.350. The van der Waals surface area contributed by atoms with Crippen molar-refractivity contribution in [2.24, 2.45) is 0 Å². The van der Waals surface area contributed by atoms with E-state index < -0.39 is 0 Å². The summed E-state index contributed by atoms with van der Waals surface area (Å²) in [5, 5.41) is 12.6. The van der Waals surface area contributed by atoms with Gasteiger partial charge in [0.2, 0.25) is 5.91 Å². The Morgan fingerprint density at radius 3 is 2.85 bits per heavy atom. The molecular weight excluding hydrogens is 344 g/mol. The van der Waals surface area contributed by atoms with Gasteiger partial charge in [-0.25, -0.2) is 4.98 Å². The number of carbonyl (C=O) groups is 1. The molecule has 5 nitrogen and oxygen atoms in total. The highest BCUT2D eigenvalue weighted by Gasteiger charge is 2.44. The summed E-state index contributed by atoms with van der Waals surface area (Å²) >= 11 is 1.76. The maximum atomic E-state index is 11.8. The van der Waals surface area contributed by atoms with E-state index >= 15 is 0 Å². The quantitative estimate of drug-likeness (QED) is 0.714. The fourth-order valence-electron chi connectivity index (χ4n) is 3.20. The first-order chi connectivity index (χ1) is 12.6. The summed E-state index contributed by atoms with van der Waals surface area (Å²) in [6.07, 6.45) is 9.19. The zero-order chi connectivity index (χ0) is 18.6. The molecule has 1 aliphatic carbocycles. The number of amides is 1. The van der Waals surface area contributed by atoms with Crippen LogP contribution in [0, 0.1) is 0 Å². The molecule has 0 saturated heterocycles. The summed E-state index contributed by atoms with van der Waals surface area (Å²) < 4.78 is 0. The first-order valence-electron chi connectivity index (χ1n) is 8.91. The number of carbonyl (C=O) groups excluding carboxylic acids is 1. The SMILES string of the molecule is C=C/C(NC(=O)CC)=C(\C=C/C)c1n[nH]c(C2(c3cccs3)CCC2)n1. The third kappa shape index (κ3) is 3.29. The van der Waals surface area contributed by atoms with Crippen molar-refractivity contribution in [1.29, 1.82) is 0 Å². The summed E-state index contributed by atoms with van der Waals surface area (Å²) in [4.78, 5) is 18.0. The molecule has 0 bridgehead atoms. The third-order valence-corrected chi connectivity index (χ3v) is 5.88. The molecule has 0 aromatic carbocycles. The minimum absolute atomic E-state index is 0.0541. The van der Waals surface area contributed by atoms with E-state index in [1.165, 1.54) is 11.3 Å². The third-order valence-electron chi connectivity index (χ3n) is 4.80. The lowest BCUT2D eigenvalue weighted by atomic mass is 9.67. The number of hydrogen-bond donors (Lipinski definition) is 2. The van der Waals surface area contributed by atoms with E-state index in [1.54, 1.807) is 17.4 Å². The van der Waals surface area contributed by atoms with Gasteiger partial charge in [0.1, 0.15) is 5.82 Å². The minimum Gasteiger partial charge on any atom is -0.325 e. The number of aromatic amines is 1. The minimum atomic E-state index is -0.0632. The maximum absolute atomic E-state index is 11.8. The molecule has 1 fully saturated rings. The Morgan fingerprint density at radius 1 is 1.50 bits per heavy atom. The van der Waals surface area contributed by atoms with Crippen molar-refractivity contribution < 1.29 is 4.79 Å². The number of aromatic nitrogens is 3. The molecule has 2 N–H and O–H groups in total. The number of allylic oxidation sites excluding steroid dienone is 4. The van der Waals surface area contributed by atoms with Crippen LogP contribution in [0.4, 0.5) is 0 Å². The van der Waals surface area contributed by atoms with Gasteiger partial charge in [0.05, 0.1) is 11.1 Å². The Hall–Kier alpha value is -2.47. The molecule has 2 heterocycles. The monoisotopic (exact) mass is 368 g/mol. The molecule has 0 unspecified atom stereocenters. The lowest BCUT2D eigenvalue weighted by Gasteiger charge is -2.39. The van der Waals surface area contributed by atoms with Gasteiger partial charge in [-0.05, 0) is 37.3 Å². The predicted molar refractivity (Wildman–Crippen MR) is 106 cm³/mol. The second-order valence-electron chi connectivity index (χ2n) is 6.35. The zero-order valence-electron chi connectivity index (χ0n) is 15.2. The molecule has 1 saturated carbocycles. The highest BCUT2D eigenvalue weighted by Crippen LogP contribution is 2.49. The van der Waals surface area contributed by atoms with E-state index in [-0.39, 0.29) is 11.3 Å². The van der Waals surface area contributed by atoms with E-state index in [2.05, 4.69) is 39.6 Å². The van der Waals surface area contributed by atoms with E-state index in [9.17, 15) is 4.79 Å². The normalized spacial score (nSPS) is 16.8. The summed E-state index contributed by atoms with van der Waals surface area (Å²) in [7, 11) is 0. The number of nitrogens with one attached hydrogen (secondary N) is 2. The molecule has 1 aliphatic rings. The molecule has 2 aromatic heterocycles. The topological polar surface area (TPSA) is 70.7 Å². The van der Waals surface area contributed by atoms with Crippen molar-refractivity contribution in [2.75, 3.05) is 0 Å². The van der Waals surface area contributed by atoms with Crippen molar-refractivity contribution in [3.63, 3.8) is 0 Å². The molecule has 2 aromatic rings. The Labute approximate surface area is 157 Å². The number of rotatable bonds is 7. The van der Waals surface area contributed by atoms with Gasteiger partial charge < -0.3 is 5.32 Å². The molecule has 26 heavy (non-hydrogen) atoms. The molecule has 0 atom stereocenters. The highest BCUT2D eigenvalue weighted by molar-refractivity contribution is 7.10. The number of hydrogen-bond acceptors (Lipinski definition) is 4. The fourth-order valence-corrected chi connectivity index (χ4v) is 4.18. The van der Waals surface area contributed by atoms with Crippen LogP contribution in [0.15, 0.2) is 48.0 Å². The van der Waals surface area contributed by atoms with Gasteiger partial charge >= 0.3 is 0 Å². The van der Waals surface area contributed by atoms with Crippen LogP contribution in [-0.2, 0) is 10.2 Å². The van der Waals surface area contributed by atoms with Crippen LogP contribution in [0.25, 0.3) is 5.57 Å². The Bertz CT molecular complexity index is 841. The Kier molecular flexibility index (Phi) is 5.52. The highest BCUT2D eigenvalue weighted by atomic mass is 32.1. The van der Waals surface area contributed by atoms with Gasteiger partial charge in [0, 0.05) is 16.9 Å². The Morgan fingerprint density at radius 2 is 2.31 bits per heavy atom. The lowest BCUT2D eigenvalue weighted by molar-refractivity contribution is -0.119. The predicted octanol–water partition coefficient (Wildman–Crippen LogP) is 4.34. The van der Waals surface area contributed by atoms with Gasteiger partial charge in [-0.1, -0.05) is 38.1 Å². The van der Waals surface area contributed by atoms with Crippen molar-refractivity contribution in [1.82, 2.24) is 20.5 Å². The largest absolute Gasteiger partial charge is 0.325 e. The van der Waals surface area contributed by atoms with Crippen LogP contribution in [-0.4, -0.2) is 21.1 Å². The van der Waals surface area contributed by atoms with Gasteiger partial charge in [-0.2, -0.15) is 5.10 Å². The molecule has 0 spiro atoms. The molecular formula is C20H24N4OS. The van der Waals surface area contributed by atoms with E-state index in [1.807, 2.05) is 26.0 Å². The molecule has 136 valence electrons. The zero-order valence-corrected chi connectivity index (χ0v) is 16.0. The summed E-state index contributed by atoms with van der Waals surface area (Å²) in [6.45, 7) is 7.57. The molecule has 3 rings (SSSR count).